The molecule has 9 heteroatoms. The number of carbonyl (C=O) groups excluding carboxylic acids is 1. The van der Waals surface area contributed by atoms with E-state index in [0.717, 1.165) is 17.2 Å². The van der Waals surface area contributed by atoms with E-state index in [1.54, 1.807) is 0 Å². The Morgan fingerprint density at radius 3 is 2.69 bits per heavy atom. The van der Waals surface area contributed by atoms with Gasteiger partial charge < -0.3 is 9.84 Å². The van der Waals surface area contributed by atoms with Gasteiger partial charge in [-0.3, -0.25) is 14.9 Å². The predicted molar refractivity (Wildman–Crippen MR) is 93.7 cm³/mol. The van der Waals surface area contributed by atoms with Crippen molar-refractivity contribution in [3.63, 3.8) is 0 Å². The Labute approximate surface area is 152 Å². The van der Waals surface area contributed by atoms with Crippen molar-refractivity contribution in [3.8, 4) is 11.4 Å². The molecule has 132 valence electrons. The number of nitro groups is 1. The maximum atomic E-state index is 12.2. The lowest BCUT2D eigenvalue weighted by atomic mass is 10.1. The smallest absolute Gasteiger partial charge is 0.270 e. The first-order valence-electron chi connectivity index (χ1n) is 7.56. The largest absolute Gasteiger partial charge is 0.343 e. The zero-order valence-electron chi connectivity index (χ0n) is 13.6. The lowest BCUT2D eigenvalue weighted by Gasteiger charge is -2.04. The van der Waals surface area contributed by atoms with E-state index in [1.807, 2.05) is 31.2 Å². The SMILES string of the molecule is Cc1ccc(-c2noc(CNC(=O)c3cc([N+](=O)[O-])ccc3Cl)n2)cc1. The van der Waals surface area contributed by atoms with Gasteiger partial charge in [-0.15, -0.1) is 0 Å². The predicted octanol–water partition coefficient (Wildman–Crippen LogP) is 3.54. The number of carbonyl (C=O) groups is 1. The van der Waals surface area contributed by atoms with Gasteiger partial charge in [0.1, 0.15) is 0 Å². The van der Waals surface area contributed by atoms with Crippen LogP contribution in [0.2, 0.25) is 5.02 Å². The number of hydrogen-bond donors (Lipinski definition) is 1. The molecule has 1 heterocycles. The number of rotatable bonds is 5. The Kier molecular flexibility index (Phi) is 4.94. The lowest BCUT2D eigenvalue weighted by molar-refractivity contribution is -0.384. The number of halogens is 1. The van der Waals surface area contributed by atoms with E-state index >= 15 is 0 Å². The number of aryl methyl sites for hydroxylation is 1. The van der Waals surface area contributed by atoms with Crippen molar-refractivity contribution in [2.45, 2.75) is 13.5 Å². The normalized spacial score (nSPS) is 10.5. The van der Waals surface area contributed by atoms with Crippen molar-refractivity contribution in [1.82, 2.24) is 15.5 Å². The van der Waals surface area contributed by atoms with Crippen LogP contribution in [-0.2, 0) is 6.54 Å². The third kappa shape index (κ3) is 3.86. The fourth-order valence-electron chi connectivity index (χ4n) is 2.20. The molecule has 1 N–H and O–H groups in total. The molecule has 0 unspecified atom stereocenters. The van der Waals surface area contributed by atoms with Crippen molar-refractivity contribution in [2.24, 2.45) is 0 Å². The van der Waals surface area contributed by atoms with E-state index in [9.17, 15) is 14.9 Å². The van der Waals surface area contributed by atoms with Gasteiger partial charge in [-0.1, -0.05) is 46.6 Å². The molecule has 1 aromatic heterocycles. The number of amides is 1. The van der Waals surface area contributed by atoms with Gasteiger partial charge >= 0.3 is 0 Å². The number of nitrogens with zero attached hydrogens (tertiary/aromatic N) is 3. The molecule has 2 aromatic carbocycles. The van der Waals surface area contributed by atoms with Gasteiger partial charge in [-0.2, -0.15) is 4.98 Å². The summed E-state index contributed by atoms with van der Waals surface area (Å²) in [5, 5.41) is 17.4. The van der Waals surface area contributed by atoms with Crippen LogP contribution in [-0.4, -0.2) is 21.0 Å². The van der Waals surface area contributed by atoms with Crippen LogP contribution >= 0.6 is 11.6 Å². The minimum atomic E-state index is -0.598. The van der Waals surface area contributed by atoms with Gasteiger partial charge in [-0.25, -0.2) is 0 Å². The van der Waals surface area contributed by atoms with Gasteiger partial charge in [-0.05, 0) is 13.0 Å². The highest BCUT2D eigenvalue weighted by Crippen LogP contribution is 2.22. The maximum absolute atomic E-state index is 12.2. The third-order valence-electron chi connectivity index (χ3n) is 3.58. The van der Waals surface area contributed by atoms with Crippen LogP contribution in [0.4, 0.5) is 5.69 Å². The molecule has 0 spiro atoms. The van der Waals surface area contributed by atoms with E-state index in [0.29, 0.717) is 5.82 Å². The van der Waals surface area contributed by atoms with Gasteiger partial charge in [0.05, 0.1) is 22.1 Å². The molecule has 3 rings (SSSR count). The summed E-state index contributed by atoms with van der Waals surface area (Å²) in [5.41, 5.74) is 1.68. The lowest BCUT2D eigenvalue weighted by Crippen LogP contribution is -2.23. The molecule has 0 atom stereocenters. The molecule has 0 saturated heterocycles. The second-order valence-corrected chi connectivity index (χ2v) is 5.89. The first-order valence-corrected chi connectivity index (χ1v) is 7.93. The molecule has 26 heavy (non-hydrogen) atoms. The minimum Gasteiger partial charge on any atom is -0.343 e. The van der Waals surface area contributed by atoms with Crippen LogP contribution in [0.5, 0.6) is 0 Å². The number of benzene rings is 2. The first-order chi connectivity index (χ1) is 12.4. The first kappa shape index (κ1) is 17.6. The van der Waals surface area contributed by atoms with E-state index in [4.69, 9.17) is 16.1 Å². The van der Waals surface area contributed by atoms with Crippen molar-refractivity contribution in [2.75, 3.05) is 0 Å². The number of nitrogens with one attached hydrogen (secondary N) is 1. The fourth-order valence-corrected chi connectivity index (χ4v) is 2.40. The average molecular weight is 373 g/mol. The quantitative estimate of drug-likeness (QED) is 0.541. The van der Waals surface area contributed by atoms with E-state index < -0.39 is 10.8 Å². The maximum Gasteiger partial charge on any atom is 0.270 e. The van der Waals surface area contributed by atoms with Crippen LogP contribution in [0.25, 0.3) is 11.4 Å². The summed E-state index contributed by atoms with van der Waals surface area (Å²) < 4.78 is 5.11. The highest BCUT2D eigenvalue weighted by Gasteiger charge is 2.17. The van der Waals surface area contributed by atoms with E-state index in [1.165, 1.54) is 12.1 Å². The summed E-state index contributed by atoms with van der Waals surface area (Å²) in [5.74, 6) is 0.0342. The molecule has 8 nitrogen and oxygen atoms in total. The van der Waals surface area contributed by atoms with Crippen molar-refractivity contribution in [3.05, 3.63) is 74.6 Å². The van der Waals surface area contributed by atoms with Gasteiger partial charge in [0, 0.05) is 17.7 Å². The zero-order chi connectivity index (χ0) is 18.7. The Morgan fingerprint density at radius 2 is 2.00 bits per heavy atom. The van der Waals surface area contributed by atoms with Crippen LogP contribution in [0.3, 0.4) is 0 Å². The van der Waals surface area contributed by atoms with Crippen molar-refractivity contribution >= 4 is 23.2 Å². The Balaban J connectivity index is 1.70. The Bertz CT molecular complexity index is 969. The summed E-state index contributed by atoms with van der Waals surface area (Å²) >= 11 is 5.94. The highest BCUT2D eigenvalue weighted by molar-refractivity contribution is 6.33. The topological polar surface area (TPSA) is 111 Å². The second-order valence-electron chi connectivity index (χ2n) is 5.48. The molecule has 1 amide bonds. The molecule has 0 aliphatic carbocycles. The number of nitro benzene ring substituents is 1. The van der Waals surface area contributed by atoms with Crippen molar-refractivity contribution < 1.29 is 14.2 Å². The van der Waals surface area contributed by atoms with Crippen LogP contribution in [0.15, 0.2) is 47.0 Å². The average Bonchev–Trinajstić information content (AvgIpc) is 3.09. The molecule has 0 fully saturated rings. The molecular weight excluding hydrogens is 360 g/mol. The molecule has 0 aliphatic heterocycles. The molecule has 3 aromatic rings. The monoisotopic (exact) mass is 372 g/mol. The Hall–Kier alpha value is -3.26. The van der Waals surface area contributed by atoms with Crippen LogP contribution in [0.1, 0.15) is 21.8 Å². The Morgan fingerprint density at radius 1 is 1.27 bits per heavy atom. The number of hydrogen-bond acceptors (Lipinski definition) is 6. The summed E-state index contributed by atoms with van der Waals surface area (Å²) in [6.07, 6.45) is 0. The molecule has 0 bridgehead atoms. The zero-order valence-corrected chi connectivity index (χ0v) is 14.4. The summed E-state index contributed by atoms with van der Waals surface area (Å²) in [4.78, 5) is 26.7. The highest BCUT2D eigenvalue weighted by atomic mass is 35.5. The summed E-state index contributed by atoms with van der Waals surface area (Å²) in [6.45, 7) is 1.94. The van der Waals surface area contributed by atoms with Gasteiger partial charge in [0.2, 0.25) is 11.7 Å². The van der Waals surface area contributed by atoms with Crippen LogP contribution < -0.4 is 5.32 Å². The van der Waals surface area contributed by atoms with Gasteiger partial charge in [0.15, 0.2) is 0 Å². The van der Waals surface area contributed by atoms with Gasteiger partial charge in [0.25, 0.3) is 11.6 Å². The molecular formula is C17H13ClN4O4. The van der Waals surface area contributed by atoms with E-state index in [2.05, 4.69) is 15.5 Å². The minimum absolute atomic E-state index is 0.000796. The summed E-state index contributed by atoms with van der Waals surface area (Å²) in [7, 11) is 0. The molecule has 0 aliphatic rings. The number of non-ortho nitro benzene ring substituents is 1. The second kappa shape index (κ2) is 7.32. The number of aromatic nitrogens is 2. The standard InChI is InChI=1S/C17H13ClN4O4/c1-10-2-4-11(5-3-10)16-20-15(26-21-16)9-19-17(23)13-8-12(22(24)25)6-7-14(13)18/h2-8H,9H2,1H3,(H,19,23). The van der Waals surface area contributed by atoms with E-state index in [-0.39, 0.29) is 28.7 Å². The molecule has 0 saturated carbocycles. The van der Waals surface area contributed by atoms with Crippen molar-refractivity contribution in [1.29, 1.82) is 0 Å². The third-order valence-corrected chi connectivity index (χ3v) is 3.91. The fraction of sp³-hybridized carbons (Fsp3) is 0.118. The molecule has 0 radical (unpaired) electrons. The van der Waals surface area contributed by atoms with Crippen LogP contribution in [0, 0.1) is 17.0 Å². The summed E-state index contributed by atoms with van der Waals surface area (Å²) in [6, 6.07) is 11.2.